The molecule has 0 aliphatic carbocycles. The van der Waals surface area contributed by atoms with Crippen molar-refractivity contribution in [1.82, 2.24) is 10.2 Å². The first-order valence-electron chi connectivity index (χ1n) is 10.1. The molecule has 0 bridgehead atoms. The van der Waals surface area contributed by atoms with E-state index in [0.29, 0.717) is 31.9 Å². The van der Waals surface area contributed by atoms with Crippen molar-refractivity contribution >= 4 is 23.3 Å². The maximum absolute atomic E-state index is 12.5. The Labute approximate surface area is 184 Å². The first kappa shape index (κ1) is 23.2. The molecule has 6 nitrogen and oxygen atoms in total. The minimum atomic E-state index is -2.94. The summed E-state index contributed by atoms with van der Waals surface area (Å²) in [5.41, 5.74) is 0.642. The summed E-state index contributed by atoms with van der Waals surface area (Å²) in [4.78, 5) is 15.9. The lowest BCUT2D eigenvalue weighted by Crippen LogP contribution is -2.43. The van der Waals surface area contributed by atoms with Crippen molar-refractivity contribution < 1.29 is 27.8 Å². The minimum absolute atomic E-state index is 0.0391. The van der Waals surface area contributed by atoms with Crippen molar-refractivity contribution in [2.45, 2.75) is 19.6 Å². The Morgan fingerprint density at radius 1 is 1.29 bits per heavy atom. The van der Waals surface area contributed by atoms with Crippen LogP contribution in [0.25, 0.3) is 6.08 Å². The number of hydrogen-bond donors (Lipinski definition) is 1. The normalized spacial score (nSPS) is 15.9. The van der Waals surface area contributed by atoms with E-state index in [1.165, 1.54) is 17.0 Å². The predicted octanol–water partition coefficient (Wildman–Crippen LogP) is 3.95. The van der Waals surface area contributed by atoms with Crippen molar-refractivity contribution in [3.05, 3.63) is 52.2 Å². The Morgan fingerprint density at radius 3 is 2.77 bits per heavy atom. The second kappa shape index (κ2) is 11.8. The molecule has 0 radical (unpaired) electrons. The zero-order valence-electron chi connectivity index (χ0n) is 17.3. The van der Waals surface area contributed by atoms with Gasteiger partial charge in [0.25, 0.3) is 0 Å². The molecule has 1 atom stereocenters. The molecule has 1 aliphatic rings. The van der Waals surface area contributed by atoms with Gasteiger partial charge in [-0.3, -0.25) is 9.69 Å². The van der Waals surface area contributed by atoms with E-state index in [0.717, 1.165) is 13.1 Å². The molecule has 1 saturated heterocycles. The van der Waals surface area contributed by atoms with Crippen molar-refractivity contribution in [3.63, 3.8) is 0 Å². The molecule has 1 aromatic heterocycles. The molecule has 168 valence electrons. The third-order valence-corrected chi connectivity index (χ3v) is 5.71. The lowest BCUT2D eigenvalue weighted by molar-refractivity contribution is -0.116. The number of ether oxygens (including phenoxy) is 3. The molecular weight excluding hydrogens is 426 g/mol. The van der Waals surface area contributed by atoms with Crippen molar-refractivity contribution in [2.24, 2.45) is 0 Å². The summed E-state index contributed by atoms with van der Waals surface area (Å²) in [5, 5.41) is 4.99. The first-order chi connectivity index (χ1) is 15.1. The Bertz CT molecular complexity index is 855. The summed E-state index contributed by atoms with van der Waals surface area (Å²) in [6.45, 7) is 2.61. The number of benzene rings is 1. The quantitative estimate of drug-likeness (QED) is 0.553. The Balaban J connectivity index is 1.61. The van der Waals surface area contributed by atoms with Crippen LogP contribution in [-0.4, -0.2) is 56.9 Å². The molecule has 1 N–H and O–H groups in total. The fourth-order valence-corrected chi connectivity index (χ4v) is 4.16. The molecule has 1 fully saturated rings. The van der Waals surface area contributed by atoms with Gasteiger partial charge in [-0.1, -0.05) is 12.1 Å². The number of alkyl halides is 2. The SMILES string of the molecule is CCOc1cc(/C=C/C(=O)NCC(c2cccs2)N2CCOCC2)ccc1OC(F)F. The number of halogens is 2. The monoisotopic (exact) mass is 452 g/mol. The van der Waals surface area contributed by atoms with E-state index in [9.17, 15) is 13.6 Å². The molecule has 2 aromatic rings. The third kappa shape index (κ3) is 7.02. The maximum Gasteiger partial charge on any atom is 0.387 e. The standard InChI is InChI=1S/C22H26F2N2O4S/c1-2-29-19-14-16(5-7-18(19)30-22(23)24)6-8-21(27)25-15-17(20-4-3-13-31-20)26-9-11-28-12-10-26/h3-8,13-14,17,22H,2,9-12,15H2,1H3,(H,25,27)/b8-6+. The highest BCUT2D eigenvalue weighted by Crippen LogP contribution is 2.30. The molecule has 1 aromatic carbocycles. The van der Waals surface area contributed by atoms with Gasteiger partial charge in [-0.05, 0) is 42.1 Å². The average Bonchev–Trinajstić information content (AvgIpc) is 3.29. The van der Waals surface area contributed by atoms with E-state index in [1.807, 2.05) is 11.4 Å². The van der Waals surface area contributed by atoms with Crippen LogP contribution in [0, 0.1) is 0 Å². The molecule has 9 heteroatoms. The smallest absolute Gasteiger partial charge is 0.387 e. The summed E-state index contributed by atoms with van der Waals surface area (Å²) in [6.07, 6.45) is 3.03. The van der Waals surface area contributed by atoms with Gasteiger partial charge >= 0.3 is 6.61 Å². The van der Waals surface area contributed by atoms with Gasteiger partial charge in [0.15, 0.2) is 11.5 Å². The number of carbonyl (C=O) groups excluding carboxylic acids is 1. The van der Waals surface area contributed by atoms with Crippen molar-refractivity contribution in [2.75, 3.05) is 39.5 Å². The summed E-state index contributed by atoms with van der Waals surface area (Å²) < 4.78 is 40.3. The fourth-order valence-electron chi connectivity index (χ4n) is 3.30. The lowest BCUT2D eigenvalue weighted by Gasteiger charge is -2.34. The van der Waals surface area contributed by atoms with Gasteiger partial charge in [-0.15, -0.1) is 11.3 Å². The number of carbonyl (C=O) groups is 1. The van der Waals surface area contributed by atoms with Gasteiger partial charge < -0.3 is 19.5 Å². The van der Waals surface area contributed by atoms with Crippen LogP contribution >= 0.6 is 11.3 Å². The van der Waals surface area contributed by atoms with E-state index < -0.39 is 6.61 Å². The van der Waals surface area contributed by atoms with Gasteiger partial charge in [0, 0.05) is 30.6 Å². The molecule has 2 heterocycles. The molecule has 0 spiro atoms. The second-order valence-electron chi connectivity index (χ2n) is 6.78. The van der Waals surface area contributed by atoms with Crippen LogP contribution in [0.2, 0.25) is 0 Å². The average molecular weight is 453 g/mol. The van der Waals surface area contributed by atoms with Crippen molar-refractivity contribution in [1.29, 1.82) is 0 Å². The molecular formula is C22H26F2N2O4S. The van der Waals surface area contributed by atoms with E-state index in [2.05, 4.69) is 21.0 Å². The van der Waals surface area contributed by atoms with Gasteiger partial charge in [-0.25, -0.2) is 0 Å². The predicted molar refractivity (Wildman–Crippen MR) is 116 cm³/mol. The van der Waals surface area contributed by atoms with E-state index in [4.69, 9.17) is 9.47 Å². The first-order valence-corrected chi connectivity index (χ1v) is 11.0. The van der Waals surface area contributed by atoms with Crippen LogP contribution in [-0.2, 0) is 9.53 Å². The number of amides is 1. The molecule has 1 amide bonds. The highest BCUT2D eigenvalue weighted by Gasteiger charge is 2.23. The van der Waals surface area contributed by atoms with Crippen molar-refractivity contribution in [3.8, 4) is 11.5 Å². The van der Waals surface area contributed by atoms with Gasteiger partial charge in [-0.2, -0.15) is 8.78 Å². The zero-order chi connectivity index (χ0) is 22.1. The molecule has 3 rings (SSSR count). The number of rotatable bonds is 10. The Morgan fingerprint density at radius 2 is 2.10 bits per heavy atom. The van der Waals surface area contributed by atoms with Gasteiger partial charge in [0.2, 0.25) is 5.91 Å². The number of hydrogen-bond acceptors (Lipinski definition) is 6. The Kier molecular flexibility index (Phi) is 8.81. The summed E-state index contributed by atoms with van der Waals surface area (Å²) in [5.74, 6) is -0.0705. The summed E-state index contributed by atoms with van der Waals surface area (Å²) in [7, 11) is 0. The molecule has 0 saturated carbocycles. The largest absolute Gasteiger partial charge is 0.490 e. The van der Waals surface area contributed by atoms with Crippen LogP contribution < -0.4 is 14.8 Å². The number of morpholine rings is 1. The summed E-state index contributed by atoms with van der Waals surface area (Å²) in [6, 6.07) is 8.73. The summed E-state index contributed by atoms with van der Waals surface area (Å²) >= 11 is 1.67. The zero-order valence-corrected chi connectivity index (χ0v) is 18.1. The minimum Gasteiger partial charge on any atom is -0.490 e. The molecule has 1 aliphatic heterocycles. The highest BCUT2D eigenvalue weighted by atomic mass is 32.1. The number of thiophene rings is 1. The highest BCUT2D eigenvalue weighted by molar-refractivity contribution is 7.10. The van der Waals surface area contributed by atoms with Crippen LogP contribution in [0.5, 0.6) is 11.5 Å². The van der Waals surface area contributed by atoms with Crippen LogP contribution in [0.15, 0.2) is 41.8 Å². The number of nitrogens with zero attached hydrogens (tertiary/aromatic N) is 1. The topological polar surface area (TPSA) is 60.0 Å². The third-order valence-electron chi connectivity index (χ3n) is 4.74. The van der Waals surface area contributed by atoms with E-state index in [-0.39, 0.29) is 23.4 Å². The lowest BCUT2D eigenvalue weighted by atomic mass is 10.1. The maximum atomic E-state index is 12.5. The van der Waals surface area contributed by atoms with Crippen LogP contribution in [0.1, 0.15) is 23.4 Å². The van der Waals surface area contributed by atoms with Gasteiger partial charge in [0.05, 0.1) is 25.9 Å². The van der Waals surface area contributed by atoms with Gasteiger partial charge in [0.1, 0.15) is 0 Å². The Hall–Kier alpha value is -2.49. The van der Waals surface area contributed by atoms with E-state index in [1.54, 1.807) is 36.5 Å². The number of nitrogens with one attached hydrogen (secondary N) is 1. The van der Waals surface area contributed by atoms with Crippen LogP contribution in [0.3, 0.4) is 0 Å². The molecule has 31 heavy (non-hydrogen) atoms. The van der Waals surface area contributed by atoms with E-state index >= 15 is 0 Å². The fraction of sp³-hybridized carbons (Fsp3) is 0.409. The second-order valence-corrected chi connectivity index (χ2v) is 7.76. The van der Waals surface area contributed by atoms with Crippen LogP contribution in [0.4, 0.5) is 8.78 Å². The molecule has 1 unspecified atom stereocenters.